The molecule has 3 N–H and O–H groups in total. The SMILES string of the molecule is C[C@@H]1OCC(=O)[C@H]1NC(=O)[CH]C[C@@](C)(CCc1ccccc1)C(N)=O. The molecule has 3 atom stereocenters. The minimum atomic E-state index is -0.824. The second-order valence-electron chi connectivity index (χ2n) is 6.79. The number of hydrogen-bond donors (Lipinski definition) is 2. The van der Waals surface area contributed by atoms with E-state index in [1.54, 1.807) is 13.8 Å². The van der Waals surface area contributed by atoms with Gasteiger partial charge in [-0.15, -0.1) is 0 Å². The van der Waals surface area contributed by atoms with Gasteiger partial charge >= 0.3 is 0 Å². The molecule has 0 aromatic heterocycles. The van der Waals surface area contributed by atoms with Crippen LogP contribution in [0.15, 0.2) is 30.3 Å². The van der Waals surface area contributed by atoms with E-state index in [-0.39, 0.29) is 30.8 Å². The molecule has 0 spiro atoms. The number of ketones is 1. The highest BCUT2D eigenvalue weighted by Crippen LogP contribution is 2.29. The van der Waals surface area contributed by atoms with E-state index < -0.39 is 17.4 Å². The molecule has 1 fully saturated rings. The number of ether oxygens (including phenoxy) is 1. The summed E-state index contributed by atoms with van der Waals surface area (Å²) in [4.78, 5) is 35.7. The number of carbonyl (C=O) groups is 3. The summed E-state index contributed by atoms with van der Waals surface area (Å²) in [6.45, 7) is 3.51. The highest BCUT2D eigenvalue weighted by Gasteiger charge is 2.35. The summed E-state index contributed by atoms with van der Waals surface area (Å²) in [5.74, 6) is -0.972. The van der Waals surface area contributed by atoms with Crippen LogP contribution in [-0.2, 0) is 25.5 Å². The third-order valence-electron chi connectivity index (χ3n) is 4.74. The molecular formula is C19H25N2O4. The highest BCUT2D eigenvalue weighted by atomic mass is 16.5. The van der Waals surface area contributed by atoms with Crippen molar-refractivity contribution in [3.8, 4) is 0 Å². The Kier molecular flexibility index (Phi) is 6.31. The molecule has 25 heavy (non-hydrogen) atoms. The Balaban J connectivity index is 1.88. The molecule has 0 unspecified atom stereocenters. The van der Waals surface area contributed by atoms with Crippen LogP contribution in [0.5, 0.6) is 0 Å². The van der Waals surface area contributed by atoms with E-state index >= 15 is 0 Å². The third-order valence-corrected chi connectivity index (χ3v) is 4.74. The molecule has 1 aliphatic rings. The van der Waals surface area contributed by atoms with Crippen molar-refractivity contribution in [1.82, 2.24) is 5.32 Å². The molecule has 0 aliphatic carbocycles. The van der Waals surface area contributed by atoms with E-state index in [0.717, 1.165) is 5.56 Å². The van der Waals surface area contributed by atoms with Gasteiger partial charge in [0.25, 0.3) is 0 Å². The van der Waals surface area contributed by atoms with Gasteiger partial charge in [0.1, 0.15) is 12.6 Å². The molecule has 2 rings (SSSR count). The van der Waals surface area contributed by atoms with Crippen molar-refractivity contribution in [2.75, 3.05) is 6.61 Å². The van der Waals surface area contributed by atoms with E-state index in [4.69, 9.17) is 10.5 Å². The van der Waals surface area contributed by atoms with Crippen LogP contribution in [0.3, 0.4) is 0 Å². The summed E-state index contributed by atoms with van der Waals surface area (Å²) >= 11 is 0. The Hall–Kier alpha value is -2.21. The zero-order chi connectivity index (χ0) is 18.4. The van der Waals surface area contributed by atoms with Gasteiger partial charge in [-0.1, -0.05) is 37.3 Å². The number of benzene rings is 1. The van der Waals surface area contributed by atoms with Crippen LogP contribution < -0.4 is 11.1 Å². The maximum atomic E-state index is 12.1. The van der Waals surface area contributed by atoms with E-state index in [1.807, 2.05) is 30.3 Å². The first kappa shape index (κ1) is 19.1. The Morgan fingerprint density at radius 1 is 1.36 bits per heavy atom. The number of hydrogen-bond acceptors (Lipinski definition) is 4. The number of carbonyl (C=O) groups excluding carboxylic acids is 3. The Labute approximate surface area is 148 Å². The van der Waals surface area contributed by atoms with E-state index in [1.165, 1.54) is 6.42 Å². The van der Waals surface area contributed by atoms with E-state index in [0.29, 0.717) is 12.8 Å². The Morgan fingerprint density at radius 2 is 2.04 bits per heavy atom. The fraction of sp³-hybridized carbons (Fsp3) is 0.474. The number of Topliss-reactive ketones (excluding diaryl/α,β-unsaturated/α-hetero) is 1. The van der Waals surface area contributed by atoms with Gasteiger partial charge in [-0.25, -0.2) is 0 Å². The summed E-state index contributed by atoms with van der Waals surface area (Å²) in [5, 5.41) is 2.64. The first-order valence-corrected chi connectivity index (χ1v) is 8.44. The summed E-state index contributed by atoms with van der Waals surface area (Å²) in [7, 11) is 0. The minimum Gasteiger partial charge on any atom is -0.369 e. The number of amides is 2. The van der Waals surface area contributed by atoms with Crippen molar-refractivity contribution in [3.05, 3.63) is 42.3 Å². The lowest BCUT2D eigenvalue weighted by atomic mass is 9.79. The fourth-order valence-electron chi connectivity index (χ4n) is 2.78. The summed E-state index contributed by atoms with van der Waals surface area (Å²) < 4.78 is 5.20. The molecule has 0 bridgehead atoms. The van der Waals surface area contributed by atoms with Crippen LogP contribution in [-0.4, -0.2) is 36.4 Å². The van der Waals surface area contributed by atoms with Gasteiger partial charge in [0.05, 0.1) is 12.5 Å². The lowest BCUT2D eigenvalue weighted by molar-refractivity contribution is -0.128. The molecule has 2 amide bonds. The van der Waals surface area contributed by atoms with Gasteiger partial charge in [-0.3, -0.25) is 14.4 Å². The maximum absolute atomic E-state index is 12.1. The van der Waals surface area contributed by atoms with Crippen LogP contribution in [0, 0.1) is 11.8 Å². The second kappa shape index (κ2) is 8.25. The molecule has 135 valence electrons. The lowest BCUT2D eigenvalue weighted by Gasteiger charge is -2.26. The van der Waals surface area contributed by atoms with Crippen LogP contribution in [0.4, 0.5) is 0 Å². The molecule has 1 aromatic carbocycles. The monoisotopic (exact) mass is 345 g/mol. The van der Waals surface area contributed by atoms with Gasteiger partial charge in [0, 0.05) is 5.41 Å². The Bertz CT molecular complexity index is 632. The van der Waals surface area contributed by atoms with Gasteiger partial charge < -0.3 is 15.8 Å². The first-order chi connectivity index (χ1) is 11.8. The van der Waals surface area contributed by atoms with E-state index in [2.05, 4.69) is 5.32 Å². The smallest absolute Gasteiger partial charge is 0.224 e. The standard InChI is InChI=1S/C19H25N2O4/c1-13-17(15(22)12-25-13)21-16(23)9-11-19(2,18(20)24)10-8-14-6-4-3-5-7-14/h3-7,9,13,17H,8,10-12H2,1-2H3,(H2,20,24)(H,21,23)/t13-,17-,19+/m0/s1. The molecule has 6 nitrogen and oxygen atoms in total. The Morgan fingerprint density at radius 3 is 2.60 bits per heavy atom. The quantitative estimate of drug-likeness (QED) is 0.739. The van der Waals surface area contributed by atoms with Crippen molar-refractivity contribution >= 4 is 17.6 Å². The van der Waals surface area contributed by atoms with Gasteiger partial charge in [0.2, 0.25) is 11.8 Å². The van der Waals surface area contributed by atoms with Crippen LogP contribution in [0.2, 0.25) is 0 Å². The zero-order valence-corrected chi connectivity index (χ0v) is 14.7. The molecule has 1 heterocycles. The molecule has 1 radical (unpaired) electrons. The lowest BCUT2D eigenvalue weighted by Crippen LogP contribution is -2.44. The van der Waals surface area contributed by atoms with Crippen molar-refractivity contribution in [1.29, 1.82) is 0 Å². The van der Waals surface area contributed by atoms with Gasteiger partial charge in [-0.05, 0) is 31.7 Å². The second-order valence-corrected chi connectivity index (χ2v) is 6.79. The average Bonchev–Trinajstić information content (AvgIpc) is 2.91. The van der Waals surface area contributed by atoms with Crippen molar-refractivity contribution < 1.29 is 19.1 Å². The number of aryl methyl sites for hydroxylation is 1. The normalized spacial score (nSPS) is 22.4. The predicted octanol–water partition coefficient (Wildman–Crippen LogP) is 1.18. The van der Waals surface area contributed by atoms with Crippen LogP contribution in [0.1, 0.15) is 32.3 Å². The number of nitrogens with two attached hydrogens (primary N) is 1. The van der Waals surface area contributed by atoms with Gasteiger partial charge in [0.15, 0.2) is 5.78 Å². The zero-order valence-electron chi connectivity index (χ0n) is 14.7. The molecule has 6 heteroatoms. The first-order valence-electron chi connectivity index (χ1n) is 8.44. The molecule has 1 aliphatic heterocycles. The van der Waals surface area contributed by atoms with Crippen molar-refractivity contribution in [2.24, 2.45) is 11.1 Å². The van der Waals surface area contributed by atoms with Crippen LogP contribution >= 0.6 is 0 Å². The molecular weight excluding hydrogens is 320 g/mol. The highest BCUT2D eigenvalue weighted by molar-refractivity contribution is 5.94. The molecule has 1 aromatic rings. The third kappa shape index (κ3) is 5.13. The number of nitrogens with one attached hydrogen (secondary N) is 1. The number of rotatable bonds is 8. The number of primary amides is 1. The fourth-order valence-corrected chi connectivity index (χ4v) is 2.78. The topological polar surface area (TPSA) is 98.5 Å². The van der Waals surface area contributed by atoms with Crippen molar-refractivity contribution in [2.45, 2.75) is 45.3 Å². The van der Waals surface area contributed by atoms with E-state index in [9.17, 15) is 14.4 Å². The summed E-state index contributed by atoms with van der Waals surface area (Å²) in [5.41, 5.74) is 5.85. The summed E-state index contributed by atoms with van der Waals surface area (Å²) in [6.07, 6.45) is 2.51. The van der Waals surface area contributed by atoms with Crippen molar-refractivity contribution in [3.63, 3.8) is 0 Å². The molecule has 1 saturated heterocycles. The predicted molar refractivity (Wildman–Crippen MR) is 93.3 cm³/mol. The summed E-state index contributed by atoms with van der Waals surface area (Å²) in [6, 6.07) is 9.17. The van der Waals surface area contributed by atoms with Crippen LogP contribution in [0.25, 0.3) is 0 Å². The maximum Gasteiger partial charge on any atom is 0.224 e. The molecule has 0 saturated carbocycles. The average molecular weight is 345 g/mol. The largest absolute Gasteiger partial charge is 0.369 e. The van der Waals surface area contributed by atoms with Gasteiger partial charge in [-0.2, -0.15) is 0 Å². The minimum absolute atomic E-state index is 0.0161.